The molecule has 5 heteroatoms. The van der Waals surface area contributed by atoms with Gasteiger partial charge in [-0.3, -0.25) is 4.79 Å². The second kappa shape index (κ2) is 6.09. The Balaban J connectivity index is 2.12. The first-order chi connectivity index (χ1) is 11.5. The Labute approximate surface area is 140 Å². The van der Waals surface area contributed by atoms with Gasteiger partial charge in [-0.1, -0.05) is 0 Å². The average molecular weight is 319 g/mol. The molecule has 0 N–H and O–H groups in total. The van der Waals surface area contributed by atoms with E-state index in [1.54, 1.807) is 19.4 Å². The van der Waals surface area contributed by atoms with Gasteiger partial charge in [0.2, 0.25) is 5.78 Å². The Morgan fingerprint density at radius 1 is 1.25 bits per heavy atom. The summed E-state index contributed by atoms with van der Waals surface area (Å²) in [4.78, 5) is 12.9. The average Bonchev–Trinajstić information content (AvgIpc) is 3.15. The number of nitriles is 1. The first kappa shape index (κ1) is 15.6. The van der Waals surface area contributed by atoms with Crippen LogP contribution in [0.2, 0.25) is 0 Å². The molecule has 0 saturated heterocycles. The second-order valence-electron chi connectivity index (χ2n) is 5.58. The highest BCUT2D eigenvalue weighted by Gasteiger charge is 2.19. The molecule has 0 saturated carbocycles. The van der Waals surface area contributed by atoms with Crippen molar-refractivity contribution in [1.82, 2.24) is 9.13 Å². The van der Waals surface area contributed by atoms with Crippen molar-refractivity contribution in [3.63, 3.8) is 0 Å². The molecule has 0 bridgehead atoms. The molecule has 0 fully saturated rings. The number of hydrogen-bond donors (Lipinski definition) is 0. The molecule has 0 aliphatic carbocycles. The van der Waals surface area contributed by atoms with E-state index in [4.69, 9.17) is 4.74 Å². The van der Waals surface area contributed by atoms with E-state index in [-0.39, 0.29) is 11.4 Å². The van der Waals surface area contributed by atoms with Gasteiger partial charge in [0, 0.05) is 48.6 Å². The van der Waals surface area contributed by atoms with Crippen LogP contribution in [0.3, 0.4) is 0 Å². The van der Waals surface area contributed by atoms with Crippen LogP contribution in [0.25, 0.3) is 17.0 Å². The van der Waals surface area contributed by atoms with Crippen molar-refractivity contribution in [2.24, 2.45) is 14.1 Å². The number of fused-ring (bicyclic) bond motifs is 1. The van der Waals surface area contributed by atoms with E-state index in [9.17, 15) is 10.1 Å². The molecule has 1 aromatic carbocycles. The van der Waals surface area contributed by atoms with Gasteiger partial charge in [-0.15, -0.1) is 0 Å². The van der Waals surface area contributed by atoms with Crippen LogP contribution in [0.1, 0.15) is 16.1 Å². The smallest absolute Gasteiger partial charge is 0.205 e. The zero-order chi connectivity index (χ0) is 17.3. The number of Topliss-reactive ketones (excluding diaryl/α,β-unsaturated/α-hetero) is 1. The van der Waals surface area contributed by atoms with Gasteiger partial charge in [-0.05, 0) is 36.4 Å². The van der Waals surface area contributed by atoms with Crippen molar-refractivity contribution in [2.75, 3.05) is 7.11 Å². The van der Waals surface area contributed by atoms with Crippen LogP contribution < -0.4 is 4.74 Å². The van der Waals surface area contributed by atoms with Gasteiger partial charge in [0.05, 0.1) is 7.11 Å². The second-order valence-corrected chi connectivity index (χ2v) is 5.58. The van der Waals surface area contributed by atoms with Gasteiger partial charge in [0.15, 0.2) is 0 Å². The SMILES string of the molecule is COc1ccc2c(c1)c(C(=O)/C(C#N)=C/c1cccn1C)cn2C. The number of rotatable bonds is 4. The lowest BCUT2D eigenvalue weighted by molar-refractivity contribution is 0.104. The molecule has 2 aromatic heterocycles. The van der Waals surface area contributed by atoms with Crippen molar-refractivity contribution in [3.05, 3.63) is 59.6 Å². The third-order valence-corrected chi connectivity index (χ3v) is 4.08. The molecule has 3 aromatic rings. The topological polar surface area (TPSA) is 60.0 Å². The largest absolute Gasteiger partial charge is 0.497 e. The molecule has 0 spiro atoms. The molecule has 0 aliphatic heterocycles. The lowest BCUT2D eigenvalue weighted by atomic mass is 10.0. The molecule has 120 valence electrons. The molecule has 0 atom stereocenters. The van der Waals surface area contributed by atoms with Crippen LogP contribution in [-0.2, 0) is 14.1 Å². The standard InChI is InChI=1S/C19H17N3O2/c1-21-8-4-5-14(21)9-13(11-20)19(23)17-12-22(2)18-7-6-15(24-3)10-16(17)18/h4-10,12H,1-3H3/b13-9+. The maximum absolute atomic E-state index is 12.9. The van der Waals surface area contributed by atoms with Crippen molar-refractivity contribution in [1.29, 1.82) is 5.26 Å². The van der Waals surface area contributed by atoms with E-state index in [2.05, 4.69) is 0 Å². The van der Waals surface area contributed by atoms with Gasteiger partial charge in [-0.25, -0.2) is 0 Å². The normalized spacial score (nSPS) is 11.5. The maximum Gasteiger partial charge on any atom is 0.205 e. The Morgan fingerprint density at radius 2 is 2.04 bits per heavy atom. The fourth-order valence-electron chi connectivity index (χ4n) is 2.74. The van der Waals surface area contributed by atoms with Crippen molar-refractivity contribution >= 4 is 22.8 Å². The van der Waals surface area contributed by atoms with Gasteiger partial charge in [-0.2, -0.15) is 5.26 Å². The third kappa shape index (κ3) is 2.59. The molecule has 0 amide bonds. The first-order valence-electron chi connectivity index (χ1n) is 7.46. The number of nitrogens with zero attached hydrogens (tertiary/aromatic N) is 3. The monoisotopic (exact) mass is 319 g/mol. The van der Waals surface area contributed by atoms with Crippen molar-refractivity contribution in [3.8, 4) is 11.8 Å². The summed E-state index contributed by atoms with van der Waals surface area (Å²) in [5, 5.41) is 10.2. The number of hydrogen-bond acceptors (Lipinski definition) is 3. The number of aromatic nitrogens is 2. The highest BCUT2D eigenvalue weighted by Crippen LogP contribution is 2.27. The number of ether oxygens (including phenoxy) is 1. The van der Waals surface area contributed by atoms with Crippen LogP contribution >= 0.6 is 0 Å². The van der Waals surface area contributed by atoms with E-state index in [0.29, 0.717) is 11.3 Å². The zero-order valence-corrected chi connectivity index (χ0v) is 13.8. The molecule has 5 nitrogen and oxygen atoms in total. The van der Waals surface area contributed by atoms with E-state index >= 15 is 0 Å². The number of carbonyl (C=O) groups is 1. The van der Waals surface area contributed by atoms with E-state index in [0.717, 1.165) is 16.6 Å². The van der Waals surface area contributed by atoms with Gasteiger partial charge in [0.1, 0.15) is 17.4 Å². The van der Waals surface area contributed by atoms with E-state index < -0.39 is 0 Å². The summed E-state index contributed by atoms with van der Waals surface area (Å²) in [5.74, 6) is 0.380. The fourth-order valence-corrected chi connectivity index (χ4v) is 2.74. The Morgan fingerprint density at radius 3 is 2.67 bits per heavy atom. The summed E-state index contributed by atoms with van der Waals surface area (Å²) in [7, 11) is 5.33. The van der Waals surface area contributed by atoms with Gasteiger partial charge in [0.25, 0.3) is 0 Å². The number of benzene rings is 1. The minimum atomic E-state index is -0.294. The summed E-state index contributed by atoms with van der Waals surface area (Å²) in [6.45, 7) is 0. The number of methoxy groups -OCH3 is 1. The molecule has 2 heterocycles. The predicted molar refractivity (Wildman–Crippen MR) is 92.8 cm³/mol. The lowest BCUT2D eigenvalue weighted by Gasteiger charge is -2.02. The van der Waals surface area contributed by atoms with Crippen LogP contribution in [0.5, 0.6) is 5.75 Å². The van der Waals surface area contributed by atoms with Crippen LogP contribution in [-0.4, -0.2) is 22.0 Å². The molecule has 0 radical (unpaired) electrons. The molecule has 0 aliphatic rings. The minimum absolute atomic E-state index is 0.104. The van der Waals surface area contributed by atoms with Crippen LogP contribution in [0.4, 0.5) is 0 Å². The number of ketones is 1. The third-order valence-electron chi connectivity index (χ3n) is 4.08. The van der Waals surface area contributed by atoms with E-state index in [1.807, 2.05) is 65.8 Å². The molecule has 3 rings (SSSR count). The Bertz CT molecular complexity index is 999. The number of carbonyl (C=O) groups excluding carboxylic acids is 1. The minimum Gasteiger partial charge on any atom is -0.497 e. The first-order valence-corrected chi connectivity index (χ1v) is 7.46. The van der Waals surface area contributed by atoms with Crippen molar-refractivity contribution in [2.45, 2.75) is 0 Å². The lowest BCUT2D eigenvalue weighted by Crippen LogP contribution is -2.02. The zero-order valence-electron chi connectivity index (χ0n) is 13.8. The summed E-state index contributed by atoms with van der Waals surface area (Å²) in [6, 6.07) is 11.3. The molecule has 24 heavy (non-hydrogen) atoms. The van der Waals surface area contributed by atoms with Crippen LogP contribution in [0.15, 0.2) is 48.3 Å². The Hall–Kier alpha value is -3.26. The summed E-state index contributed by atoms with van der Waals surface area (Å²) >= 11 is 0. The fraction of sp³-hybridized carbons (Fsp3) is 0.158. The highest BCUT2D eigenvalue weighted by atomic mass is 16.5. The summed E-state index contributed by atoms with van der Waals surface area (Å²) in [5.41, 5.74) is 2.31. The van der Waals surface area contributed by atoms with Gasteiger partial charge >= 0.3 is 0 Å². The molecular formula is C19H17N3O2. The Kier molecular flexibility index (Phi) is 3.97. The number of allylic oxidation sites excluding steroid dienone is 1. The summed E-state index contributed by atoms with van der Waals surface area (Å²) in [6.07, 6.45) is 5.23. The molecular weight excluding hydrogens is 302 g/mol. The number of aryl methyl sites for hydroxylation is 2. The van der Waals surface area contributed by atoms with Crippen LogP contribution in [0, 0.1) is 11.3 Å². The summed E-state index contributed by atoms with van der Waals surface area (Å²) < 4.78 is 8.98. The predicted octanol–water partition coefficient (Wildman–Crippen LogP) is 3.32. The highest BCUT2D eigenvalue weighted by molar-refractivity contribution is 6.20. The maximum atomic E-state index is 12.9. The van der Waals surface area contributed by atoms with Gasteiger partial charge < -0.3 is 13.9 Å². The molecule has 0 unspecified atom stereocenters. The van der Waals surface area contributed by atoms with Crippen molar-refractivity contribution < 1.29 is 9.53 Å². The van der Waals surface area contributed by atoms with E-state index in [1.165, 1.54) is 0 Å². The quantitative estimate of drug-likeness (QED) is 0.421.